The molecule has 1 N–H and O–H groups in total. The number of phosphoric ester groups is 1. The molecule has 390 valence electrons. The summed E-state index contributed by atoms with van der Waals surface area (Å²) in [6, 6.07) is -0.922. The molecule has 0 aromatic heterocycles. The number of amides is 1. The summed E-state index contributed by atoms with van der Waals surface area (Å²) >= 11 is 0. The second kappa shape index (κ2) is 47.4. The number of likely N-dealkylation sites (N-methyl/N-ethyl adjacent to an activating group) is 1. The number of rotatable bonds is 49. The maximum Gasteiger partial charge on any atom is 0.306 e. The Balaban J connectivity index is 5.50. The fourth-order valence-electron chi connectivity index (χ4n) is 7.62. The van der Waals surface area contributed by atoms with Crippen LogP contribution in [0, 0.1) is 0 Å². The Morgan fingerprint density at radius 2 is 0.970 bits per heavy atom. The van der Waals surface area contributed by atoms with Crippen LogP contribution in [-0.2, 0) is 27.9 Å². The van der Waals surface area contributed by atoms with Gasteiger partial charge < -0.3 is 28.5 Å². The van der Waals surface area contributed by atoms with E-state index < -0.39 is 26.6 Å². The highest BCUT2D eigenvalue weighted by molar-refractivity contribution is 7.45. The van der Waals surface area contributed by atoms with Crippen molar-refractivity contribution in [3.05, 3.63) is 60.8 Å². The van der Waals surface area contributed by atoms with Crippen LogP contribution in [-0.4, -0.2) is 69.4 Å². The van der Waals surface area contributed by atoms with Gasteiger partial charge in [0.2, 0.25) is 5.91 Å². The van der Waals surface area contributed by atoms with E-state index in [2.05, 4.69) is 68.6 Å². The quantitative estimate of drug-likeness (QED) is 0.0161. The Labute approximate surface area is 413 Å². The zero-order chi connectivity index (χ0) is 49.4. The van der Waals surface area contributed by atoms with E-state index in [9.17, 15) is 19.0 Å². The van der Waals surface area contributed by atoms with E-state index in [0.29, 0.717) is 23.9 Å². The van der Waals surface area contributed by atoms with Crippen LogP contribution in [0.1, 0.15) is 239 Å². The Morgan fingerprint density at radius 1 is 0.537 bits per heavy atom. The predicted octanol–water partition coefficient (Wildman–Crippen LogP) is 15.7. The van der Waals surface area contributed by atoms with Crippen molar-refractivity contribution in [3.8, 4) is 0 Å². The molecule has 0 radical (unpaired) electrons. The number of nitrogens with one attached hydrogen (secondary N) is 1. The van der Waals surface area contributed by atoms with E-state index in [-0.39, 0.29) is 31.3 Å². The first-order chi connectivity index (χ1) is 32.4. The van der Waals surface area contributed by atoms with Gasteiger partial charge in [-0.25, -0.2) is 0 Å². The fraction of sp³-hybridized carbons (Fsp3) is 0.789. The Bertz CT molecular complexity index is 1340. The summed E-state index contributed by atoms with van der Waals surface area (Å²) < 4.78 is 30.1. The van der Waals surface area contributed by atoms with Crippen LogP contribution in [0.2, 0.25) is 0 Å². The number of carbonyl (C=O) groups is 2. The van der Waals surface area contributed by atoms with E-state index in [1.54, 1.807) is 0 Å². The predicted molar refractivity (Wildman–Crippen MR) is 284 cm³/mol. The maximum atomic E-state index is 13.4. The van der Waals surface area contributed by atoms with Crippen molar-refractivity contribution < 1.29 is 37.3 Å². The number of carbonyl (C=O) groups excluding carboxylic acids is 2. The number of phosphoric acid groups is 1. The molecule has 0 aliphatic carbocycles. The molecule has 0 fully saturated rings. The number of allylic oxidation sites excluding steroid dienone is 9. The minimum Gasteiger partial charge on any atom is -0.756 e. The van der Waals surface area contributed by atoms with Crippen LogP contribution >= 0.6 is 7.82 Å². The molecule has 0 aliphatic heterocycles. The smallest absolute Gasteiger partial charge is 0.306 e. The Hall–Kier alpha value is -2.29. The van der Waals surface area contributed by atoms with E-state index in [4.69, 9.17) is 13.8 Å². The lowest BCUT2D eigenvalue weighted by molar-refractivity contribution is -0.870. The van der Waals surface area contributed by atoms with Crippen LogP contribution in [0.3, 0.4) is 0 Å². The first kappa shape index (κ1) is 64.7. The summed E-state index contributed by atoms with van der Waals surface area (Å²) in [4.78, 5) is 39.7. The molecule has 0 saturated heterocycles. The zero-order valence-corrected chi connectivity index (χ0v) is 45.2. The van der Waals surface area contributed by atoms with Crippen molar-refractivity contribution in [2.45, 2.75) is 251 Å². The van der Waals surface area contributed by atoms with Gasteiger partial charge >= 0.3 is 5.97 Å². The van der Waals surface area contributed by atoms with Gasteiger partial charge in [-0.15, -0.1) is 0 Å². The number of hydrogen-bond donors (Lipinski definition) is 1. The molecule has 1 amide bonds. The molecule has 3 unspecified atom stereocenters. The molecule has 3 atom stereocenters. The van der Waals surface area contributed by atoms with Crippen molar-refractivity contribution in [2.24, 2.45) is 0 Å². The highest BCUT2D eigenvalue weighted by atomic mass is 31.2. The molecular formula is C57H105N2O7P. The van der Waals surface area contributed by atoms with Crippen molar-refractivity contribution in [2.75, 3.05) is 40.9 Å². The lowest BCUT2D eigenvalue weighted by atomic mass is 10.0. The summed E-state index contributed by atoms with van der Waals surface area (Å²) in [7, 11) is 1.14. The number of hydrogen-bond acceptors (Lipinski definition) is 7. The van der Waals surface area contributed by atoms with Gasteiger partial charge in [0.25, 0.3) is 7.82 Å². The van der Waals surface area contributed by atoms with Gasteiger partial charge in [0.1, 0.15) is 19.3 Å². The molecule has 0 bridgehead atoms. The van der Waals surface area contributed by atoms with Crippen LogP contribution < -0.4 is 10.2 Å². The number of unbranched alkanes of at least 4 members (excludes halogenated alkanes) is 26. The molecule has 0 saturated carbocycles. The van der Waals surface area contributed by atoms with Crippen molar-refractivity contribution in [1.29, 1.82) is 0 Å². The van der Waals surface area contributed by atoms with Crippen molar-refractivity contribution in [1.82, 2.24) is 5.32 Å². The van der Waals surface area contributed by atoms with Gasteiger partial charge in [-0.1, -0.05) is 210 Å². The van der Waals surface area contributed by atoms with Crippen LogP contribution in [0.15, 0.2) is 60.8 Å². The Kier molecular flexibility index (Phi) is 45.8. The molecule has 0 aliphatic rings. The maximum absolute atomic E-state index is 13.4. The summed E-state index contributed by atoms with van der Waals surface area (Å²) in [5, 5.41) is 2.97. The summed E-state index contributed by atoms with van der Waals surface area (Å²) in [6.45, 7) is 6.74. The van der Waals surface area contributed by atoms with Gasteiger partial charge in [-0.05, 0) is 76.7 Å². The first-order valence-electron chi connectivity index (χ1n) is 27.6. The molecule has 9 nitrogen and oxygen atoms in total. The van der Waals surface area contributed by atoms with Crippen molar-refractivity contribution in [3.63, 3.8) is 0 Å². The number of esters is 1. The van der Waals surface area contributed by atoms with Crippen LogP contribution in [0.25, 0.3) is 0 Å². The highest BCUT2D eigenvalue weighted by Gasteiger charge is 2.27. The molecule has 0 aromatic carbocycles. The number of nitrogens with zero attached hydrogens (tertiary/aromatic N) is 1. The first-order valence-corrected chi connectivity index (χ1v) is 29.1. The second-order valence-corrected chi connectivity index (χ2v) is 21.2. The normalized spacial score (nSPS) is 14.3. The molecule has 0 spiro atoms. The third-order valence-electron chi connectivity index (χ3n) is 12.0. The average Bonchev–Trinajstić information content (AvgIpc) is 3.28. The lowest BCUT2D eigenvalue weighted by Crippen LogP contribution is -2.47. The summed E-state index contributed by atoms with van der Waals surface area (Å²) in [5.41, 5.74) is 0. The van der Waals surface area contributed by atoms with Crippen LogP contribution in [0.4, 0.5) is 0 Å². The largest absolute Gasteiger partial charge is 0.756 e. The van der Waals surface area contributed by atoms with E-state index in [0.717, 1.165) is 77.0 Å². The topological polar surface area (TPSA) is 114 Å². The minimum atomic E-state index is -4.71. The number of ether oxygens (including phenoxy) is 1. The highest BCUT2D eigenvalue weighted by Crippen LogP contribution is 2.38. The van der Waals surface area contributed by atoms with Gasteiger partial charge in [0.05, 0.1) is 33.8 Å². The molecule has 67 heavy (non-hydrogen) atoms. The zero-order valence-electron chi connectivity index (χ0n) is 44.3. The molecular weight excluding hydrogens is 856 g/mol. The standard InChI is InChI=1S/C57H105N2O7P/c1-7-10-13-16-19-22-25-28-29-32-35-38-41-44-47-50-57(61)66-55(48-45-42-39-36-33-30-26-23-20-17-14-11-8-2)54(53-65-67(62,63)64-52-51-59(4,5)6)58-56(60)49-46-43-40-37-34-31-27-24-21-18-15-12-9-3/h19,22,25,28,31,34,40,43,45,48,54-55H,7-18,20-21,23-24,26-27,29-30,32-33,35-39,41-42,44,46-47,49-53H2,1-6H3,(H-,58,60,62,63)/b22-19+,28-25+,34-31-,43-40+,48-45+. The Morgan fingerprint density at radius 3 is 1.49 bits per heavy atom. The monoisotopic (exact) mass is 961 g/mol. The van der Waals surface area contributed by atoms with Gasteiger partial charge in [0, 0.05) is 12.8 Å². The van der Waals surface area contributed by atoms with Crippen LogP contribution in [0.5, 0.6) is 0 Å². The lowest BCUT2D eigenvalue weighted by Gasteiger charge is -2.30. The molecule has 0 heterocycles. The second-order valence-electron chi connectivity index (χ2n) is 19.8. The SMILES string of the molecule is CCCCC/C=C/C=C/CCCCCCCCC(=O)OC(/C=C/CCCCCCCCCCCCC)C(COP(=O)([O-])OCC[N+](C)(C)C)NC(=O)CC/C=C/C/C=C\CCCCCCCC. The number of quaternary nitrogens is 1. The average molecular weight is 961 g/mol. The van der Waals surface area contributed by atoms with E-state index in [1.807, 2.05) is 39.4 Å². The van der Waals surface area contributed by atoms with Crippen molar-refractivity contribution >= 4 is 19.7 Å². The summed E-state index contributed by atoms with van der Waals surface area (Å²) in [6.07, 6.45) is 57.7. The van der Waals surface area contributed by atoms with Gasteiger partial charge in [-0.2, -0.15) is 0 Å². The molecule has 10 heteroatoms. The third-order valence-corrected chi connectivity index (χ3v) is 12.9. The minimum absolute atomic E-state index is 0.0347. The van der Waals surface area contributed by atoms with Gasteiger partial charge in [-0.3, -0.25) is 14.2 Å². The molecule has 0 rings (SSSR count). The van der Waals surface area contributed by atoms with E-state index in [1.165, 1.54) is 116 Å². The van der Waals surface area contributed by atoms with E-state index >= 15 is 0 Å². The molecule has 0 aromatic rings. The third kappa shape index (κ3) is 48.5. The fourth-order valence-corrected chi connectivity index (χ4v) is 8.34. The summed E-state index contributed by atoms with van der Waals surface area (Å²) in [5.74, 6) is -0.633. The van der Waals surface area contributed by atoms with Gasteiger partial charge in [0.15, 0.2) is 0 Å².